The number of likely N-dealkylation sites (N-methyl/N-ethyl adjacent to an activating group) is 1. The summed E-state index contributed by atoms with van der Waals surface area (Å²) in [5, 5.41) is 3.29. The quantitative estimate of drug-likeness (QED) is 0.804. The Labute approximate surface area is 178 Å². The van der Waals surface area contributed by atoms with E-state index in [1.165, 1.54) is 18.4 Å². The zero-order valence-electron chi connectivity index (χ0n) is 18.5. The number of nitrogens with one attached hydrogen (secondary N) is 1. The van der Waals surface area contributed by atoms with Gasteiger partial charge in [-0.05, 0) is 87.8 Å². The van der Waals surface area contributed by atoms with Crippen molar-refractivity contribution in [3.8, 4) is 0 Å². The Morgan fingerprint density at radius 3 is 2.27 bits per heavy atom. The second-order valence-corrected chi connectivity index (χ2v) is 10.9. The van der Waals surface area contributed by atoms with Crippen molar-refractivity contribution < 1.29 is 14.3 Å². The van der Waals surface area contributed by atoms with Crippen molar-refractivity contribution >= 4 is 17.8 Å². The molecular formula is C24H33N3O3. The van der Waals surface area contributed by atoms with Crippen LogP contribution in [0.25, 0.3) is 0 Å². The first-order valence-corrected chi connectivity index (χ1v) is 11.3. The first-order valence-electron chi connectivity index (χ1n) is 11.3. The van der Waals surface area contributed by atoms with Gasteiger partial charge in [-0.15, -0.1) is 0 Å². The fourth-order valence-corrected chi connectivity index (χ4v) is 6.75. The molecule has 6 nitrogen and oxygen atoms in total. The fourth-order valence-electron chi connectivity index (χ4n) is 6.75. The van der Waals surface area contributed by atoms with E-state index in [1.807, 2.05) is 32.7 Å². The SMILES string of the molecule is CN1CCN(c2ccc(C3C4CC5CC3CC5(NC(=O)OC(C)(C)C)C4)cc2)C1=O. The molecule has 1 N–H and O–H groups in total. The Bertz CT molecular complexity index is 843. The van der Waals surface area contributed by atoms with Crippen molar-refractivity contribution in [1.82, 2.24) is 10.2 Å². The van der Waals surface area contributed by atoms with Gasteiger partial charge >= 0.3 is 12.1 Å². The molecule has 30 heavy (non-hydrogen) atoms. The molecule has 2 unspecified atom stereocenters. The number of carbonyl (C=O) groups is 2. The van der Waals surface area contributed by atoms with E-state index in [2.05, 4.69) is 29.6 Å². The van der Waals surface area contributed by atoms with E-state index in [0.717, 1.165) is 31.6 Å². The van der Waals surface area contributed by atoms with Crippen LogP contribution in [0.2, 0.25) is 0 Å². The lowest BCUT2D eigenvalue weighted by molar-refractivity contribution is 0.0426. The Kier molecular flexibility index (Phi) is 4.35. The van der Waals surface area contributed by atoms with Gasteiger partial charge in [0, 0.05) is 31.4 Å². The molecular weight excluding hydrogens is 378 g/mol. The number of ether oxygens (including phenoxy) is 1. The summed E-state index contributed by atoms with van der Waals surface area (Å²) in [6.07, 6.45) is 4.21. The molecule has 5 aliphatic rings. The van der Waals surface area contributed by atoms with E-state index in [4.69, 9.17) is 4.74 Å². The van der Waals surface area contributed by atoms with E-state index in [1.54, 1.807) is 4.90 Å². The molecule has 1 aromatic carbocycles. The van der Waals surface area contributed by atoms with Crippen LogP contribution in [0.4, 0.5) is 15.3 Å². The first-order chi connectivity index (χ1) is 14.2. The van der Waals surface area contributed by atoms with Gasteiger partial charge < -0.3 is 15.0 Å². The summed E-state index contributed by atoms with van der Waals surface area (Å²) in [5.74, 6) is 2.36. The zero-order valence-corrected chi connectivity index (χ0v) is 18.5. The third-order valence-corrected chi connectivity index (χ3v) is 7.78. The molecule has 4 saturated carbocycles. The minimum Gasteiger partial charge on any atom is -0.444 e. The molecule has 1 aromatic rings. The number of anilines is 1. The van der Waals surface area contributed by atoms with Gasteiger partial charge in [-0.3, -0.25) is 4.90 Å². The van der Waals surface area contributed by atoms with Crippen LogP contribution >= 0.6 is 0 Å². The lowest BCUT2D eigenvalue weighted by Gasteiger charge is -2.39. The number of hydrogen-bond acceptors (Lipinski definition) is 3. The number of rotatable bonds is 3. The van der Waals surface area contributed by atoms with E-state index < -0.39 is 5.60 Å². The van der Waals surface area contributed by atoms with Crippen LogP contribution < -0.4 is 10.2 Å². The number of amides is 3. The number of benzene rings is 1. The summed E-state index contributed by atoms with van der Waals surface area (Å²) in [6, 6.07) is 8.75. The highest BCUT2D eigenvalue weighted by Gasteiger charge is 2.62. The average molecular weight is 412 g/mol. The molecule has 1 heterocycles. The zero-order chi connectivity index (χ0) is 21.3. The molecule has 6 rings (SSSR count). The maximum absolute atomic E-state index is 12.5. The van der Waals surface area contributed by atoms with Crippen molar-refractivity contribution in [3.63, 3.8) is 0 Å². The summed E-state index contributed by atoms with van der Waals surface area (Å²) >= 11 is 0. The van der Waals surface area contributed by atoms with Gasteiger partial charge in [-0.2, -0.15) is 0 Å². The topological polar surface area (TPSA) is 61.9 Å². The molecule has 1 saturated heterocycles. The van der Waals surface area contributed by atoms with E-state index in [-0.39, 0.29) is 17.7 Å². The largest absolute Gasteiger partial charge is 0.444 e. The number of hydrogen-bond donors (Lipinski definition) is 1. The molecule has 0 radical (unpaired) electrons. The van der Waals surface area contributed by atoms with Crippen LogP contribution in [0, 0.1) is 17.8 Å². The van der Waals surface area contributed by atoms with Crippen molar-refractivity contribution in [2.75, 3.05) is 25.0 Å². The Morgan fingerprint density at radius 1 is 1.10 bits per heavy atom. The second-order valence-electron chi connectivity index (χ2n) is 10.9. The number of urea groups is 1. The third kappa shape index (κ3) is 3.15. The van der Waals surface area contributed by atoms with Crippen LogP contribution in [0.3, 0.4) is 0 Å². The third-order valence-electron chi connectivity index (χ3n) is 7.78. The van der Waals surface area contributed by atoms with Gasteiger partial charge in [-0.1, -0.05) is 12.1 Å². The second kappa shape index (κ2) is 6.63. The summed E-state index contributed by atoms with van der Waals surface area (Å²) in [6.45, 7) is 7.27. The van der Waals surface area contributed by atoms with Crippen LogP contribution in [0.15, 0.2) is 24.3 Å². The van der Waals surface area contributed by atoms with E-state index in [9.17, 15) is 9.59 Å². The molecule has 4 aliphatic carbocycles. The van der Waals surface area contributed by atoms with Gasteiger partial charge in [0.25, 0.3) is 0 Å². The normalized spacial score (nSPS) is 34.7. The van der Waals surface area contributed by atoms with Crippen molar-refractivity contribution in [1.29, 1.82) is 0 Å². The summed E-state index contributed by atoms with van der Waals surface area (Å²) in [7, 11) is 1.85. The van der Waals surface area contributed by atoms with Gasteiger partial charge in [-0.25, -0.2) is 9.59 Å². The highest BCUT2D eigenvalue weighted by Crippen LogP contribution is 2.65. The molecule has 1 aliphatic heterocycles. The van der Waals surface area contributed by atoms with Crippen molar-refractivity contribution in [3.05, 3.63) is 29.8 Å². The summed E-state index contributed by atoms with van der Waals surface area (Å²) < 4.78 is 5.56. The fraction of sp³-hybridized carbons (Fsp3) is 0.667. The standard InChI is InChI=1S/C24H33N3O3/c1-23(2,3)30-21(28)25-24-13-16-11-18(24)12-17(14-24)20(16)15-5-7-19(8-6-15)27-10-9-26(4)22(27)29/h5-8,16-18,20H,9-14H2,1-4H3,(H,25,28). The Hall–Kier alpha value is -2.24. The maximum Gasteiger partial charge on any atom is 0.408 e. The molecule has 6 heteroatoms. The lowest BCUT2D eigenvalue weighted by Crippen LogP contribution is -2.51. The lowest BCUT2D eigenvalue weighted by atomic mass is 9.68. The van der Waals surface area contributed by atoms with Gasteiger partial charge in [0.1, 0.15) is 5.60 Å². The number of nitrogens with zero attached hydrogens (tertiary/aromatic N) is 2. The van der Waals surface area contributed by atoms with E-state index >= 15 is 0 Å². The number of carbonyl (C=O) groups excluding carboxylic acids is 2. The highest BCUT2D eigenvalue weighted by molar-refractivity contribution is 5.93. The molecule has 4 bridgehead atoms. The molecule has 3 amide bonds. The molecule has 2 atom stereocenters. The first kappa shape index (κ1) is 19.7. The highest BCUT2D eigenvalue weighted by atomic mass is 16.6. The monoisotopic (exact) mass is 411 g/mol. The van der Waals surface area contributed by atoms with Crippen LogP contribution in [0.5, 0.6) is 0 Å². The predicted octanol–water partition coefficient (Wildman–Crippen LogP) is 4.36. The molecule has 162 valence electrons. The van der Waals surface area contributed by atoms with Gasteiger partial charge in [0.2, 0.25) is 0 Å². The predicted molar refractivity (Wildman–Crippen MR) is 116 cm³/mol. The molecule has 0 aromatic heterocycles. The van der Waals surface area contributed by atoms with Gasteiger partial charge in [0.15, 0.2) is 0 Å². The van der Waals surface area contributed by atoms with Crippen LogP contribution in [-0.4, -0.2) is 48.3 Å². The Balaban J connectivity index is 1.29. The molecule has 0 spiro atoms. The van der Waals surface area contributed by atoms with Crippen LogP contribution in [-0.2, 0) is 4.74 Å². The van der Waals surface area contributed by atoms with Crippen molar-refractivity contribution in [2.24, 2.45) is 17.8 Å². The number of alkyl carbamates (subject to hydrolysis) is 1. The van der Waals surface area contributed by atoms with Gasteiger partial charge in [0.05, 0.1) is 0 Å². The maximum atomic E-state index is 12.5. The molecule has 5 fully saturated rings. The van der Waals surface area contributed by atoms with Crippen LogP contribution in [0.1, 0.15) is 57.9 Å². The minimum absolute atomic E-state index is 0.0688. The van der Waals surface area contributed by atoms with Crippen molar-refractivity contribution in [2.45, 2.75) is 63.5 Å². The smallest absolute Gasteiger partial charge is 0.408 e. The minimum atomic E-state index is -0.466. The Morgan fingerprint density at radius 2 is 1.73 bits per heavy atom. The summed E-state index contributed by atoms with van der Waals surface area (Å²) in [5.41, 5.74) is 1.84. The summed E-state index contributed by atoms with van der Waals surface area (Å²) in [4.78, 5) is 28.4. The van der Waals surface area contributed by atoms with E-state index in [0.29, 0.717) is 23.7 Å². The average Bonchev–Trinajstić information content (AvgIpc) is 3.21.